The lowest BCUT2D eigenvalue weighted by Crippen LogP contribution is -2.45. The van der Waals surface area contributed by atoms with Crippen molar-refractivity contribution in [1.82, 2.24) is 14.7 Å². The summed E-state index contributed by atoms with van der Waals surface area (Å²) >= 11 is 6.38. The summed E-state index contributed by atoms with van der Waals surface area (Å²) in [4.78, 5) is 26.1. The molecule has 1 aliphatic heterocycles. The number of aryl methyl sites for hydroxylation is 1. The predicted octanol–water partition coefficient (Wildman–Crippen LogP) is 2.32. The molecule has 6 nitrogen and oxygen atoms in total. The highest BCUT2D eigenvalue weighted by molar-refractivity contribution is 8.26. The summed E-state index contributed by atoms with van der Waals surface area (Å²) in [5, 5.41) is 13.7. The molecule has 1 aromatic heterocycles. The minimum absolute atomic E-state index is 0.197. The van der Waals surface area contributed by atoms with Crippen LogP contribution in [-0.2, 0) is 23.1 Å². The second-order valence-corrected chi connectivity index (χ2v) is 7.22. The van der Waals surface area contributed by atoms with Crippen LogP contribution in [0.2, 0.25) is 0 Å². The first-order valence-electron chi connectivity index (χ1n) is 7.48. The first kappa shape index (κ1) is 17.4. The maximum absolute atomic E-state index is 12.7. The molecule has 2 aromatic rings. The molecule has 1 amide bonds. The van der Waals surface area contributed by atoms with Gasteiger partial charge in [0, 0.05) is 25.2 Å². The fraction of sp³-hybridized carbons (Fsp3) is 0.176. The molecule has 128 valence electrons. The number of carboxylic acids is 1. The first-order chi connectivity index (χ1) is 12.0. The number of carboxylic acid groups (broad SMARTS) is 1. The molecule has 1 fully saturated rings. The highest BCUT2D eigenvalue weighted by Crippen LogP contribution is 2.34. The van der Waals surface area contributed by atoms with Gasteiger partial charge in [-0.25, -0.2) is 4.79 Å². The number of hydrogen-bond acceptors (Lipinski definition) is 5. The average Bonchev–Trinajstić information content (AvgIpc) is 3.10. The van der Waals surface area contributed by atoms with Crippen molar-refractivity contribution in [2.75, 3.05) is 0 Å². The van der Waals surface area contributed by atoms with E-state index in [1.165, 1.54) is 4.90 Å². The summed E-state index contributed by atoms with van der Waals surface area (Å²) < 4.78 is 1.88. The van der Waals surface area contributed by atoms with Crippen molar-refractivity contribution in [2.24, 2.45) is 7.05 Å². The van der Waals surface area contributed by atoms with Gasteiger partial charge in [-0.05, 0) is 11.6 Å². The molecule has 0 radical (unpaired) electrons. The number of amides is 1. The number of rotatable bonds is 5. The summed E-state index contributed by atoms with van der Waals surface area (Å²) in [7, 11) is 1.78. The normalized spacial score (nSPS) is 17.3. The Hall–Kier alpha value is -2.45. The highest BCUT2D eigenvalue weighted by atomic mass is 32.2. The van der Waals surface area contributed by atoms with E-state index in [2.05, 4.69) is 5.10 Å². The second-order valence-electron chi connectivity index (χ2n) is 5.54. The van der Waals surface area contributed by atoms with Crippen LogP contribution in [0.25, 0.3) is 6.08 Å². The van der Waals surface area contributed by atoms with E-state index in [4.69, 9.17) is 12.2 Å². The minimum atomic E-state index is -1.08. The van der Waals surface area contributed by atoms with Crippen molar-refractivity contribution in [3.8, 4) is 0 Å². The van der Waals surface area contributed by atoms with Gasteiger partial charge in [-0.15, -0.1) is 0 Å². The summed E-state index contributed by atoms with van der Waals surface area (Å²) in [6, 6.07) is 8.16. The molecular weight excluding hydrogens is 358 g/mol. The Balaban J connectivity index is 1.86. The summed E-state index contributed by atoms with van der Waals surface area (Å²) in [6.07, 6.45) is 5.27. The number of carbonyl (C=O) groups is 2. The Morgan fingerprint density at radius 3 is 2.72 bits per heavy atom. The van der Waals surface area contributed by atoms with Crippen LogP contribution in [0, 0.1) is 0 Å². The zero-order valence-corrected chi connectivity index (χ0v) is 15.0. The maximum Gasteiger partial charge on any atom is 0.327 e. The van der Waals surface area contributed by atoms with E-state index < -0.39 is 12.0 Å². The van der Waals surface area contributed by atoms with Crippen LogP contribution in [0.4, 0.5) is 0 Å². The lowest BCUT2D eigenvalue weighted by atomic mass is 10.0. The van der Waals surface area contributed by atoms with E-state index in [0.29, 0.717) is 4.91 Å². The van der Waals surface area contributed by atoms with E-state index in [1.807, 2.05) is 30.3 Å². The molecule has 25 heavy (non-hydrogen) atoms. The molecule has 8 heteroatoms. The standard InChI is InChI=1S/C17H15N3O3S2/c1-19-10-12(9-18-19)8-14-15(21)20(17(24)25-14)13(16(22)23)7-11-5-3-2-4-6-11/h2-6,8-10,13H,7H2,1H3,(H,22,23)/b14-8+. The quantitative estimate of drug-likeness (QED) is 0.640. The van der Waals surface area contributed by atoms with Crippen molar-refractivity contribution in [1.29, 1.82) is 0 Å². The molecule has 0 bridgehead atoms. The monoisotopic (exact) mass is 373 g/mol. The van der Waals surface area contributed by atoms with Gasteiger partial charge in [0.05, 0.1) is 11.1 Å². The Morgan fingerprint density at radius 1 is 1.40 bits per heavy atom. The number of carbonyl (C=O) groups excluding carboxylic acids is 1. The van der Waals surface area contributed by atoms with Crippen molar-refractivity contribution >= 4 is 46.3 Å². The van der Waals surface area contributed by atoms with Crippen LogP contribution < -0.4 is 0 Å². The van der Waals surface area contributed by atoms with E-state index in [1.54, 1.807) is 30.2 Å². The van der Waals surface area contributed by atoms with Crippen LogP contribution in [0.15, 0.2) is 47.6 Å². The Bertz CT molecular complexity index is 861. The smallest absolute Gasteiger partial charge is 0.327 e. The molecule has 0 aliphatic carbocycles. The lowest BCUT2D eigenvalue weighted by molar-refractivity contribution is -0.145. The fourth-order valence-corrected chi connectivity index (χ4v) is 3.90. The fourth-order valence-electron chi connectivity index (χ4n) is 2.54. The van der Waals surface area contributed by atoms with E-state index in [-0.39, 0.29) is 16.6 Å². The van der Waals surface area contributed by atoms with Gasteiger partial charge in [0.2, 0.25) is 0 Å². The Morgan fingerprint density at radius 2 is 2.12 bits per heavy atom. The maximum atomic E-state index is 12.7. The molecule has 1 saturated heterocycles. The van der Waals surface area contributed by atoms with Crippen LogP contribution in [0.3, 0.4) is 0 Å². The average molecular weight is 373 g/mol. The summed E-state index contributed by atoms with van der Waals surface area (Å²) in [5.41, 5.74) is 1.60. The summed E-state index contributed by atoms with van der Waals surface area (Å²) in [5.74, 6) is -1.47. The minimum Gasteiger partial charge on any atom is -0.480 e. The topological polar surface area (TPSA) is 75.4 Å². The zero-order valence-electron chi connectivity index (χ0n) is 13.3. The molecule has 1 N–H and O–H groups in total. The molecule has 1 unspecified atom stereocenters. The van der Waals surface area contributed by atoms with Crippen molar-refractivity contribution in [2.45, 2.75) is 12.5 Å². The summed E-state index contributed by atoms with van der Waals surface area (Å²) in [6.45, 7) is 0. The van der Waals surface area contributed by atoms with E-state index >= 15 is 0 Å². The first-order valence-corrected chi connectivity index (χ1v) is 8.70. The van der Waals surface area contributed by atoms with Crippen molar-refractivity contribution in [3.63, 3.8) is 0 Å². The number of aliphatic carboxylic acids is 1. The second kappa shape index (κ2) is 7.20. The predicted molar refractivity (Wildman–Crippen MR) is 99.8 cm³/mol. The largest absolute Gasteiger partial charge is 0.480 e. The number of benzene rings is 1. The van der Waals surface area contributed by atoms with Crippen LogP contribution in [-0.4, -0.2) is 42.0 Å². The number of thioether (sulfide) groups is 1. The molecule has 1 atom stereocenters. The number of hydrogen-bond donors (Lipinski definition) is 1. The van der Waals surface area contributed by atoms with Crippen molar-refractivity contribution in [3.05, 3.63) is 58.8 Å². The Labute approximate surface area is 154 Å². The third-order valence-electron chi connectivity index (χ3n) is 3.71. The van der Waals surface area contributed by atoms with Gasteiger partial charge in [0.25, 0.3) is 5.91 Å². The highest BCUT2D eigenvalue weighted by Gasteiger charge is 2.40. The molecule has 2 heterocycles. The lowest BCUT2D eigenvalue weighted by Gasteiger charge is -2.23. The third-order valence-corrected chi connectivity index (χ3v) is 5.05. The van der Waals surface area contributed by atoms with Gasteiger partial charge in [-0.3, -0.25) is 14.4 Å². The van der Waals surface area contributed by atoms with Gasteiger partial charge >= 0.3 is 5.97 Å². The van der Waals surface area contributed by atoms with Crippen LogP contribution >= 0.6 is 24.0 Å². The molecular formula is C17H15N3O3S2. The number of nitrogens with zero attached hydrogens (tertiary/aromatic N) is 3. The molecule has 3 rings (SSSR count). The Kier molecular flexibility index (Phi) is 5.00. The molecule has 0 saturated carbocycles. The number of thiocarbonyl (C=S) groups is 1. The van der Waals surface area contributed by atoms with Crippen molar-refractivity contribution < 1.29 is 14.7 Å². The van der Waals surface area contributed by atoms with Gasteiger partial charge in [-0.2, -0.15) is 5.10 Å². The van der Waals surface area contributed by atoms with E-state index in [9.17, 15) is 14.7 Å². The third kappa shape index (κ3) is 3.80. The van der Waals surface area contributed by atoms with Gasteiger partial charge in [0.1, 0.15) is 10.4 Å². The van der Waals surface area contributed by atoms with Gasteiger partial charge in [0.15, 0.2) is 0 Å². The van der Waals surface area contributed by atoms with Crippen LogP contribution in [0.5, 0.6) is 0 Å². The molecule has 0 spiro atoms. The zero-order chi connectivity index (χ0) is 18.0. The number of aromatic nitrogens is 2. The van der Waals surface area contributed by atoms with Gasteiger partial charge in [-0.1, -0.05) is 54.3 Å². The van der Waals surface area contributed by atoms with Crippen LogP contribution in [0.1, 0.15) is 11.1 Å². The van der Waals surface area contributed by atoms with Gasteiger partial charge < -0.3 is 5.11 Å². The molecule has 1 aliphatic rings. The molecule has 1 aromatic carbocycles. The SMILES string of the molecule is Cn1cc(/C=C2/SC(=S)N(C(Cc3ccccc3)C(=O)O)C2=O)cn1. The van der Waals surface area contributed by atoms with E-state index in [0.717, 1.165) is 22.9 Å².